The van der Waals surface area contributed by atoms with Crippen LogP contribution in [0.3, 0.4) is 0 Å². The zero-order chi connectivity index (χ0) is 22.8. The molecule has 0 aromatic heterocycles. The van der Waals surface area contributed by atoms with E-state index in [2.05, 4.69) is 142 Å². The monoisotopic (exact) mass is 423 g/mol. The van der Waals surface area contributed by atoms with Crippen molar-refractivity contribution in [3.05, 3.63) is 102 Å². The molecule has 0 radical (unpaired) electrons. The minimum atomic E-state index is 0.171. The highest BCUT2D eigenvalue weighted by atomic mass is 15.1. The van der Waals surface area contributed by atoms with Gasteiger partial charge in [0.05, 0.1) is 0 Å². The van der Waals surface area contributed by atoms with E-state index in [-0.39, 0.29) is 5.92 Å². The second-order valence-electron chi connectivity index (χ2n) is 9.05. The highest BCUT2D eigenvalue weighted by Crippen LogP contribution is 2.41. The molecule has 0 heterocycles. The fourth-order valence-electron chi connectivity index (χ4n) is 4.29. The quantitative estimate of drug-likeness (QED) is 0.367. The Morgan fingerprint density at radius 3 is 1.25 bits per heavy atom. The van der Waals surface area contributed by atoms with Gasteiger partial charge in [-0.2, -0.15) is 0 Å². The zero-order valence-corrected chi connectivity index (χ0v) is 20.0. The summed E-state index contributed by atoms with van der Waals surface area (Å²) in [5.74, 6) is 0.171. The van der Waals surface area contributed by atoms with Crippen LogP contribution in [-0.4, -0.2) is 42.3 Å². The van der Waals surface area contributed by atoms with Gasteiger partial charge >= 0.3 is 0 Å². The molecule has 0 saturated carbocycles. The molecule has 2 aliphatic carbocycles. The molecule has 2 aromatic carbocycles. The van der Waals surface area contributed by atoms with Crippen LogP contribution in [0, 0.1) is 0 Å². The molecule has 4 rings (SSSR count). The predicted molar refractivity (Wildman–Crippen MR) is 140 cm³/mol. The largest absolute Gasteiger partial charge is 0.378 e. The zero-order valence-electron chi connectivity index (χ0n) is 20.0. The van der Waals surface area contributed by atoms with E-state index in [0.717, 1.165) is 0 Å². The molecule has 3 heteroatoms. The van der Waals surface area contributed by atoms with Gasteiger partial charge in [-0.1, -0.05) is 48.5 Å². The Bertz CT molecular complexity index is 1090. The van der Waals surface area contributed by atoms with Crippen molar-refractivity contribution in [1.29, 1.82) is 0 Å². The fraction of sp³-hybridized carbons (Fsp3) is 0.241. The molecule has 0 aliphatic heterocycles. The van der Waals surface area contributed by atoms with Gasteiger partial charge in [0, 0.05) is 65.3 Å². The second-order valence-corrected chi connectivity index (χ2v) is 9.05. The lowest BCUT2D eigenvalue weighted by molar-refractivity contribution is 0.981. The fourth-order valence-corrected chi connectivity index (χ4v) is 4.29. The van der Waals surface area contributed by atoms with Crippen molar-refractivity contribution < 1.29 is 0 Å². The lowest BCUT2D eigenvalue weighted by atomic mass is 9.84. The molecular formula is C29H33N3. The molecule has 0 spiro atoms. The van der Waals surface area contributed by atoms with E-state index in [1.54, 1.807) is 0 Å². The van der Waals surface area contributed by atoms with Gasteiger partial charge in [-0.25, -0.2) is 0 Å². The minimum absolute atomic E-state index is 0.171. The summed E-state index contributed by atoms with van der Waals surface area (Å²) < 4.78 is 0. The Morgan fingerprint density at radius 2 is 0.812 bits per heavy atom. The summed E-state index contributed by atoms with van der Waals surface area (Å²) >= 11 is 0. The van der Waals surface area contributed by atoms with Gasteiger partial charge in [-0.15, -0.1) is 0 Å². The Morgan fingerprint density at radius 1 is 0.438 bits per heavy atom. The van der Waals surface area contributed by atoms with Gasteiger partial charge in [-0.05, 0) is 64.2 Å². The van der Waals surface area contributed by atoms with Crippen LogP contribution in [0.1, 0.15) is 22.6 Å². The maximum Gasteiger partial charge on any atom is 0.0361 e. The van der Waals surface area contributed by atoms with Crippen molar-refractivity contribution in [2.45, 2.75) is 5.92 Å². The SMILES string of the molecule is CN(C)c1ccc(C(c2ccc(N(C)C)cc2)c2ccc3ccc(N(C)C)ccc2-3)cc1. The molecule has 2 aromatic rings. The van der Waals surface area contributed by atoms with Crippen LogP contribution in [0.5, 0.6) is 0 Å². The molecular weight excluding hydrogens is 390 g/mol. The average molecular weight is 424 g/mol. The first-order valence-corrected chi connectivity index (χ1v) is 11.1. The maximum absolute atomic E-state index is 2.30. The third-order valence-electron chi connectivity index (χ3n) is 6.23. The van der Waals surface area contributed by atoms with Crippen molar-refractivity contribution in [2.75, 3.05) is 57.0 Å². The van der Waals surface area contributed by atoms with Crippen LogP contribution in [0.4, 0.5) is 17.1 Å². The molecule has 0 N–H and O–H groups in total. The highest BCUT2D eigenvalue weighted by molar-refractivity contribution is 5.75. The Labute approximate surface area is 192 Å². The van der Waals surface area contributed by atoms with Gasteiger partial charge < -0.3 is 14.7 Å². The number of nitrogens with zero attached hydrogens (tertiary/aromatic N) is 3. The molecule has 0 atom stereocenters. The summed E-state index contributed by atoms with van der Waals surface area (Å²) in [5.41, 5.74) is 10.2. The van der Waals surface area contributed by atoms with Gasteiger partial charge in [0.1, 0.15) is 0 Å². The molecule has 164 valence electrons. The Balaban J connectivity index is 1.86. The molecule has 3 nitrogen and oxygen atoms in total. The minimum Gasteiger partial charge on any atom is -0.378 e. The standard InChI is InChI=1S/C29H33N3/c1-30(2)24-14-8-22(9-15-24)29(23-10-16-25(17-11-23)31(3)4)28-19-12-21-7-13-26(32(5)6)18-20-27(21)28/h7-20,29H,1-6H3. The first kappa shape index (κ1) is 21.8. The highest BCUT2D eigenvalue weighted by Gasteiger charge is 2.22. The number of benzene rings is 2. The van der Waals surface area contributed by atoms with E-state index < -0.39 is 0 Å². The molecule has 0 bridgehead atoms. The van der Waals surface area contributed by atoms with Crippen molar-refractivity contribution in [2.24, 2.45) is 0 Å². The maximum atomic E-state index is 2.30. The second kappa shape index (κ2) is 8.96. The van der Waals surface area contributed by atoms with E-state index in [9.17, 15) is 0 Å². The van der Waals surface area contributed by atoms with Crippen LogP contribution in [0.25, 0.3) is 11.1 Å². The van der Waals surface area contributed by atoms with Gasteiger partial charge in [0.15, 0.2) is 0 Å². The molecule has 0 amide bonds. The third-order valence-corrected chi connectivity index (χ3v) is 6.23. The van der Waals surface area contributed by atoms with E-state index in [4.69, 9.17) is 0 Å². The number of fused-ring (bicyclic) bond motifs is 1. The smallest absolute Gasteiger partial charge is 0.0361 e. The summed E-state index contributed by atoms with van der Waals surface area (Å²) in [6, 6.07) is 31.4. The van der Waals surface area contributed by atoms with Crippen LogP contribution in [0.15, 0.2) is 84.9 Å². The summed E-state index contributed by atoms with van der Waals surface area (Å²) in [5, 5.41) is 0. The lowest BCUT2D eigenvalue weighted by Crippen LogP contribution is -2.10. The molecule has 0 saturated heterocycles. The van der Waals surface area contributed by atoms with Crippen LogP contribution in [0.2, 0.25) is 0 Å². The Hall–Kier alpha value is -3.46. The van der Waals surface area contributed by atoms with Gasteiger partial charge in [-0.3, -0.25) is 0 Å². The summed E-state index contributed by atoms with van der Waals surface area (Å²) in [6.45, 7) is 0. The van der Waals surface area contributed by atoms with Crippen LogP contribution >= 0.6 is 0 Å². The molecule has 32 heavy (non-hydrogen) atoms. The Kier molecular flexibility index (Phi) is 6.09. The van der Waals surface area contributed by atoms with Crippen LogP contribution in [-0.2, 0) is 0 Å². The molecule has 0 unspecified atom stereocenters. The summed E-state index contributed by atoms with van der Waals surface area (Å²) in [6.07, 6.45) is 0. The third kappa shape index (κ3) is 4.29. The molecule has 0 fully saturated rings. The average Bonchev–Trinajstić information content (AvgIpc) is 3.04. The number of hydrogen-bond acceptors (Lipinski definition) is 3. The van der Waals surface area contributed by atoms with Crippen LogP contribution < -0.4 is 14.7 Å². The summed E-state index contributed by atoms with van der Waals surface area (Å²) in [4.78, 5) is 6.44. The van der Waals surface area contributed by atoms with E-state index in [0.29, 0.717) is 0 Å². The first-order valence-electron chi connectivity index (χ1n) is 11.1. The van der Waals surface area contributed by atoms with Crippen molar-refractivity contribution in [3.8, 4) is 11.1 Å². The van der Waals surface area contributed by atoms with E-state index in [1.165, 1.54) is 44.9 Å². The van der Waals surface area contributed by atoms with Crippen molar-refractivity contribution in [3.63, 3.8) is 0 Å². The normalized spacial score (nSPS) is 11.1. The predicted octanol–water partition coefficient (Wildman–Crippen LogP) is 6.17. The van der Waals surface area contributed by atoms with Gasteiger partial charge in [0.2, 0.25) is 0 Å². The topological polar surface area (TPSA) is 9.72 Å². The molecule has 2 aliphatic rings. The number of rotatable bonds is 6. The summed E-state index contributed by atoms with van der Waals surface area (Å²) in [7, 11) is 12.5. The van der Waals surface area contributed by atoms with E-state index in [1.807, 2.05) is 0 Å². The number of hydrogen-bond donors (Lipinski definition) is 0. The van der Waals surface area contributed by atoms with Crippen molar-refractivity contribution >= 4 is 17.1 Å². The van der Waals surface area contributed by atoms with E-state index >= 15 is 0 Å². The number of anilines is 3. The van der Waals surface area contributed by atoms with Gasteiger partial charge in [0.25, 0.3) is 0 Å². The van der Waals surface area contributed by atoms with Crippen molar-refractivity contribution in [1.82, 2.24) is 0 Å². The lowest BCUT2D eigenvalue weighted by Gasteiger charge is -2.22. The first-order chi connectivity index (χ1) is 15.3.